The molecule has 106 valence electrons. The van der Waals surface area contributed by atoms with Crippen LogP contribution in [0.3, 0.4) is 0 Å². The number of hydrogen-bond acceptors (Lipinski definition) is 3. The van der Waals surface area contributed by atoms with Gasteiger partial charge in [0, 0.05) is 37.4 Å². The van der Waals surface area contributed by atoms with Crippen LogP contribution in [0.1, 0.15) is 38.3 Å². The Balaban J connectivity index is 2.06. The van der Waals surface area contributed by atoms with Gasteiger partial charge in [0.25, 0.3) is 0 Å². The van der Waals surface area contributed by atoms with Crippen molar-refractivity contribution >= 4 is 5.69 Å². The molecule has 1 aromatic rings. The van der Waals surface area contributed by atoms with E-state index in [9.17, 15) is 0 Å². The van der Waals surface area contributed by atoms with Crippen LogP contribution in [0.5, 0.6) is 0 Å². The number of benzene rings is 1. The molecule has 0 bridgehead atoms. The standard InChI is InChI=1S/C16H27N3/c1-4-14-12-19(11-10-18(14)3)15-8-6-13(7-9-15)16(17)5-2/h6-9,14,16H,4-5,10-12,17H2,1-3H3. The molecule has 19 heavy (non-hydrogen) atoms. The molecule has 0 amide bonds. The van der Waals surface area contributed by atoms with E-state index < -0.39 is 0 Å². The monoisotopic (exact) mass is 261 g/mol. The maximum absolute atomic E-state index is 6.06. The largest absolute Gasteiger partial charge is 0.369 e. The van der Waals surface area contributed by atoms with Crippen molar-refractivity contribution in [3.8, 4) is 0 Å². The second kappa shape index (κ2) is 6.40. The summed E-state index contributed by atoms with van der Waals surface area (Å²) in [6.45, 7) is 7.80. The zero-order chi connectivity index (χ0) is 13.8. The minimum absolute atomic E-state index is 0.171. The van der Waals surface area contributed by atoms with Gasteiger partial charge in [-0.15, -0.1) is 0 Å². The zero-order valence-electron chi connectivity index (χ0n) is 12.5. The van der Waals surface area contributed by atoms with Gasteiger partial charge in [-0.05, 0) is 37.6 Å². The van der Waals surface area contributed by atoms with E-state index in [0.717, 1.165) is 26.1 Å². The van der Waals surface area contributed by atoms with E-state index in [-0.39, 0.29) is 6.04 Å². The summed E-state index contributed by atoms with van der Waals surface area (Å²) in [5, 5.41) is 0. The zero-order valence-corrected chi connectivity index (χ0v) is 12.5. The average molecular weight is 261 g/mol. The lowest BCUT2D eigenvalue weighted by atomic mass is 10.0. The summed E-state index contributed by atoms with van der Waals surface area (Å²) in [7, 11) is 2.23. The van der Waals surface area contributed by atoms with Crippen LogP contribution < -0.4 is 10.6 Å². The predicted molar refractivity (Wildman–Crippen MR) is 82.6 cm³/mol. The first-order valence-corrected chi connectivity index (χ1v) is 7.46. The first kappa shape index (κ1) is 14.4. The number of nitrogens with zero attached hydrogens (tertiary/aromatic N) is 2. The molecule has 1 aromatic carbocycles. The molecule has 0 spiro atoms. The Morgan fingerprint density at radius 2 is 1.89 bits per heavy atom. The van der Waals surface area contributed by atoms with Crippen molar-refractivity contribution in [3.05, 3.63) is 29.8 Å². The van der Waals surface area contributed by atoms with Gasteiger partial charge < -0.3 is 10.6 Å². The summed E-state index contributed by atoms with van der Waals surface area (Å²) in [6.07, 6.45) is 2.21. The Bertz CT molecular complexity index is 387. The van der Waals surface area contributed by atoms with E-state index in [1.54, 1.807) is 0 Å². The second-order valence-corrected chi connectivity index (χ2v) is 5.59. The second-order valence-electron chi connectivity index (χ2n) is 5.59. The van der Waals surface area contributed by atoms with Crippen molar-refractivity contribution in [2.45, 2.75) is 38.8 Å². The Labute approximate surface area is 117 Å². The van der Waals surface area contributed by atoms with Crippen LogP contribution in [-0.4, -0.2) is 37.6 Å². The minimum atomic E-state index is 0.171. The smallest absolute Gasteiger partial charge is 0.0367 e. The van der Waals surface area contributed by atoms with Crippen LogP contribution in [-0.2, 0) is 0 Å². The van der Waals surface area contributed by atoms with Gasteiger partial charge in [-0.25, -0.2) is 0 Å². The number of likely N-dealkylation sites (N-methyl/N-ethyl adjacent to an activating group) is 1. The summed E-state index contributed by atoms with van der Waals surface area (Å²) < 4.78 is 0. The van der Waals surface area contributed by atoms with Crippen LogP contribution >= 0.6 is 0 Å². The maximum Gasteiger partial charge on any atom is 0.0367 e. The molecule has 0 radical (unpaired) electrons. The lowest BCUT2D eigenvalue weighted by Gasteiger charge is -2.40. The Hall–Kier alpha value is -1.06. The van der Waals surface area contributed by atoms with Gasteiger partial charge in [0.2, 0.25) is 0 Å². The highest BCUT2D eigenvalue weighted by Crippen LogP contribution is 2.22. The summed E-state index contributed by atoms with van der Waals surface area (Å²) in [6, 6.07) is 9.66. The van der Waals surface area contributed by atoms with Gasteiger partial charge in [-0.3, -0.25) is 4.90 Å². The molecule has 3 nitrogen and oxygen atoms in total. The molecule has 0 saturated carbocycles. The van der Waals surface area contributed by atoms with E-state index in [1.807, 2.05) is 0 Å². The van der Waals surface area contributed by atoms with Gasteiger partial charge >= 0.3 is 0 Å². The van der Waals surface area contributed by atoms with Crippen molar-refractivity contribution < 1.29 is 0 Å². The molecule has 0 aliphatic carbocycles. The van der Waals surface area contributed by atoms with Crippen LogP contribution in [0.25, 0.3) is 0 Å². The van der Waals surface area contributed by atoms with E-state index in [0.29, 0.717) is 6.04 Å². The van der Waals surface area contributed by atoms with Crippen LogP contribution in [0, 0.1) is 0 Å². The van der Waals surface area contributed by atoms with Gasteiger partial charge in [-0.1, -0.05) is 26.0 Å². The highest BCUT2D eigenvalue weighted by Gasteiger charge is 2.22. The molecule has 1 aliphatic heterocycles. The fourth-order valence-corrected chi connectivity index (χ4v) is 2.79. The van der Waals surface area contributed by atoms with Crippen LogP contribution in [0.4, 0.5) is 5.69 Å². The third-order valence-corrected chi connectivity index (χ3v) is 4.37. The number of anilines is 1. The summed E-state index contributed by atoms with van der Waals surface area (Å²) in [5.41, 5.74) is 8.64. The van der Waals surface area contributed by atoms with Crippen molar-refractivity contribution in [2.75, 3.05) is 31.6 Å². The van der Waals surface area contributed by atoms with E-state index in [4.69, 9.17) is 5.73 Å². The quantitative estimate of drug-likeness (QED) is 0.904. The molecule has 2 unspecified atom stereocenters. The number of rotatable bonds is 4. The van der Waals surface area contributed by atoms with Crippen molar-refractivity contribution in [3.63, 3.8) is 0 Å². The maximum atomic E-state index is 6.06. The minimum Gasteiger partial charge on any atom is -0.369 e. The molecule has 1 aliphatic rings. The Morgan fingerprint density at radius 1 is 1.21 bits per heavy atom. The summed E-state index contributed by atoms with van der Waals surface area (Å²) in [5.74, 6) is 0. The van der Waals surface area contributed by atoms with E-state index in [2.05, 4.69) is 55.0 Å². The average Bonchev–Trinajstić information content (AvgIpc) is 2.47. The van der Waals surface area contributed by atoms with E-state index >= 15 is 0 Å². The van der Waals surface area contributed by atoms with E-state index in [1.165, 1.54) is 17.7 Å². The number of piperazine rings is 1. The SMILES string of the molecule is CCC(N)c1ccc(N2CCN(C)C(CC)C2)cc1. The fourth-order valence-electron chi connectivity index (χ4n) is 2.79. The molecule has 1 saturated heterocycles. The third kappa shape index (κ3) is 3.28. The predicted octanol–water partition coefficient (Wildman–Crippen LogP) is 2.63. The molecule has 2 atom stereocenters. The lowest BCUT2D eigenvalue weighted by Crippen LogP contribution is -2.51. The fraction of sp³-hybridized carbons (Fsp3) is 0.625. The van der Waals surface area contributed by atoms with Gasteiger partial charge in [0.1, 0.15) is 0 Å². The highest BCUT2D eigenvalue weighted by atomic mass is 15.3. The molecule has 0 aromatic heterocycles. The molecule has 3 heteroatoms. The van der Waals surface area contributed by atoms with Gasteiger partial charge in [0.15, 0.2) is 0 Å². The normalized spacial score (nSPS) is 22.5. The van der Waals surface area contributed by atoms with Gasteiger partial charge in [0.05, 0.1) is 0 Å². The molecule has 1 heterocycles. The number of hydrogen-bond donors (Lipinski definition) is 1. The first-order chi connectivity index (χ1) is 9.15. The van der Waals surface area contributed by atoms with Crippen molar-refractivity contribution in [1.29, 1.82) is 0 Å². The highest BCUT2D eigenvalue weighted by molar-refractivity contribution is 5.48. The Kier molecular flexibility index (Phi) is 4.83. The lowest BCUT2D eigenvalue weighted by molar-refractivity contribution is 0.213. The molecule has 2 rings (SSSR count). The molecule has 1 fully saturated rings. The number of nitrogens with two attached hydrogens (primary N) is 1. The topological polar surface area (TPSA) is 32.5 Å². The summed E-state index contributed by atoms with van der Waals surface area (Å²) in [4.78, 5) is 4.97. The van der Waals surface area contributed by atoms with Crippen LogP contribution in [0.2, 0.25) is 0 Å². The first-order valence-electron chi connectivity index (χ1n) is 7.46. The van der Waals surface area contributed by atoms with Crippen LogP contribution in [0.15, 0.2) is 24.3 Å². The van der Waals surface area contributed by atoms with Gasteiger partial charge in [-0.2, -0.15) is 0 Å². The molecular formula is C16H27N3. The van der Waals surface area contributed by atoms with Crippen molar-refractivity contribution in [2.24, 2.45) is 5.73 Å². The Morgan fingerprint density at radius 3 is 2.47 bits per heavy atom. The molecule has 2 N–H and O–H groups in total. The van der Waals surface area contributed by atoms with Crippen molar-refractivity contribution in [1.82, 2.24) is 4.90 Å². The molecular weight excluding hydrogens is 234 g/mol. The third-order valence-electron chi connectivity index (χ3n) is 4.37. The summed E-state index contributed by atoms with van der Waals surface area (Å²) >= 11 is 0.